The van der Waals surface area contributed by atoms with E-state index in [1.165, 1.54) is 24.2 Å². The van der Waals surface area contributed by atoms with Gasteiger partial charge in [-0.05, 0) is 65.2 Å². The number of hydrogen-bond donors (Lipinski definition) is 3. The molecule has 3 N–H and O–H groups in total. The number of methoxy groups -OCH3 is 1. The van der Waals surface area contributed by atoms with Gasteiger partial charge in [0.15, 0.2) is 0 Å². The molecule has 2 aromatic carbocycles. The van der Waals surface area contributed by atoms with Gasteiger partial charge in [-0.1, -0.05) is 17.7 Å². The fraction of sp³-hybridized carbons (Fsp3) is 0.250. The number of nitrogens with one attached hydrogen (secondary N) is 3. The zero-order chi connectivity index (χ0) is 29.6. The lowest BCUT2D eigenvalue weighted by atomic mass is 9.99. The molecule has 13 nitrogen and oxygen atoms in total. The number of amides is 3. The van der Waals surface area contributed by atoms with Crippen LogP contribution in [-0.2, 0) is 20.7 Å². The van der Waals surface area contributed by atoms with E-state index in [0.29, 0.717) is 47.2 Å². The average Bonchev–Trinajstić information content (AvgIpc) is 3.68. The van der Waals surface area contributed by atoms with Crippen LogP contribution < -0.4 is 10.6 Å². The molecule has 1 atom stereocenters. The van der Waals surface area contributed by atoms with Crippen molar-refractivity contribution in [1.82, 2.24) is 40.4 Å². The third-order valence-corrected chi connectivity index (χ3v) is 7.05. The molecular formula is C28H28ClN9O4. The lowest BCUT2D eigenvalue weighted by Crippen LogP contribution is -2.35. The molecule has 2 bridgehead atoms. The number of nitrogens with zero attached hydrogens (tertiary/aromatic N) is 6. The number of carbonyl (C=O) groups is 3. The number of ether oxygens (including phenoxy) is 1. The van der Waals surface area contributed by atoms with Crippen LogP contribution in [0, 0.1) is 0 Å². The lowest BCUT2D eigenvalue weighted by molar-refractivity contribution is -0.130. The molecule has 0 spiro atoms. The minimum Gasteiger partial charge on any atom is -0.453 e. The van der Waals surface area contributed by atoms with Gasteiger partial charge in [-0.3, -0.25) is 14.9 Å². The molecular weight excluding hydrogens is 562 g/mol. The number of aromatic amines is 1. The molecule has 216 valence electrons. The lowest BCUT2D eigenvalue weighted by Gasteiger charge is -2.22. The number of aromatic nitrogens is 6. The van der Waals surface area contributed by atoms with Crippen molar-refractivity contribution >= 4 is 41.3 Å². The largest absolute Gasteiger partial charge is 0.453 e. The van der Waals surface area contributed by atoms with E-state index in [0.717, 1.165) is 16.8 Å². The van der Waals surface area contributed by atoms with Gasteiger partial charge in [0.05, 0.1) is 37.2 Å². The second-order valence-corrected chi connectivity index (χ2v) is 10.1. The highest BCUT2D eigenvalue weighted by molar-refractivity contribution is 6.30. The van der Waals surface area contributed by atoms with Gasteiger partial charge in [0, 0.05) is 41.5 Å². The van der Waals surface area contributed by atoms with Crippen molar-refractivity contribution in [1.29, 1.82) is 0 Å². The molecule has 1 aliphatic heterocycles. The molecule has 0 radical (unpaired) electrons. The summed E-state index contributed by atoms with van der Waals surface area (Å²) in [5.41, 5.74) is 4.44. The number of tetrazole rings is 1. The first-order valence-corrected chi connectivity index (χ1v) is 13.5. The predicted molar refractivity (Wildman–Crippen MR) is 155 cm³/mol. The molecule has 2 aromatic heterocycles. The second-order valence-electron chi connectivity index (χ2n) is 9.65. The zero-order valence-electron chi connectivity index (χ0n) is 22.9. The van der Waals surface area contributed by atoms with Gasteiger partial charge < -0.3 is 19.9 Å². The Morgan fingerprint density at radius 2 is 2.07 bits per heavy atom. The minimum absolute atomic E-state index is 0.0188. The summed E-state index contributed by atoms with van der Waals surface area (Å²) in [4.78, 5) is 47.4. The quantitative estimate of drug-likeness (QED) is 0.298. The zero-order valence-corrected chi connectivity index (χ0v) is 23.6. The number of fused-ring (bicyclic) bond motifs is 4. The average molecular weight is 590 g/mol. The van der Waals surface area contributed by atoms with Crippen LogP contribution in [0.3, 0.4) is 0 Å². The maximum atomic E-state index is 13.1. The van der Waals surface area contributed by atoms with Crippen molar-refractivity contribution in [3.8, 4) is 16.9 Å². The van der Waals surface area contributed by atoms with E-state index < -0.39 is 18.0 Å². The topological polar surface area (TPSA) is 160 Å². The van der Waals surface area contributed by atoms with E-state index in [2.05, 4.69) is 36.1 Å². The molecule has 3 amide bonds. The van der Waals surface area contributed by atoms with Gasteiger partial charge >= 0.3 is 6.09 Å². The SMILES string of the molecule is COC(=O)Nc1ccc2c(c1)CCCN(C)C(=O)C[C@H](NC(=O)/C=C/c1cc(Cl)ccc1-n1cnnn1)c1ncc-2[nH]1. The van der Waals surface area contributed by atoms with Gasteiger partial charge in [-0.25, -0.2) is 9.78 Å². The molecule has 0 saturated carbocycles. The number of H-pyrrole nitrogens is 1. The van der Waals surface area contributed by atoms with Crippen LogP contribution >= 0.6 is 11.6 Å². The van der Waals surface area contributed by atoms with Crippen LogP contribution in [0.1, 0.15) is 35.8 Å². The fourth-order valence-corrected chi connectivity index (χ4v) is 4.84. The first-order chi connectivity index (χ1) is 20.3. The second kappa shape index (κ2) is 12.6. The van der Waals surface area contributed by atoms with Gasteiger partial charge in [0.1, 0.15) is 12.2 Å². The van der Waals surface area contributed by atoms with Gasteiger partial charge in [-0.15, -0.1) is 5.10 Å². The molecule has 42 heavy (non-hydrogen) atoms. The van der Waals surface area contributed by atoms with Gasteiger partial charge in [-0.2, -0.15) is 4.68 Å². The first-order valence-electron chi connectivity index (χ1n) is 13.1. The van der Waals surface area contributed by atoms with Crippen molar-refractivity contribution in [2.24, 2.45) is 0 Å². The van der Waals surface area contributed by atoms with E-state index >= 15 is 0 Å². The Bertz CT molecular complexity index is 1630. The number of halogens is 1. The Morgan fingerprint density at radius 3 is 2.86 bits per heavy atom. The van der Waals surface area contributed by atoms with Crippen LogP contribution in [0.5, 0.6) is 0 Å². The maximum Gasteiger partial charge on any atom is 0.411 e. The van der Waals surface area contributed by atoms with Crippen molar-refractivity contribution < 1.29 is 19.1 Å². The normalized spacial score (nSPS) is 15.5. The Hall–Kier alpha value is -5.04. The number of benzene rings is 2. The Labute approximate surface area is 245 Å². The van der Waals surface area contributed by atoms with Crippen LogP contribution in [0.2, 0.25) is 5.02 Å². The molecule has 0 fully saturated rings. The Kier molecular flexibility index (Phi) is 8.58. The molecule has 14 heteroatoms. The number of anilines is 1. The van der Waals surface area contributed by atoms with Gasteiger partial charge in [0.25, 0.3) is 0 Å². The predicted octanol–water partition coefficient (Wildman–Crippen LogP) is 3.55. The molecule has 4 aromatic rings. The highest BCUT2D eigenvalue weighted by Crippen LogP contribution is 2.29. The van der Waals surface area contributed by atoms with Crippen molar-refractivity contribution in [3.05, 3.63) is 77.0 Å². The highest BCUT2D eigenvalue weighted by Gasteiger charge is 2.24. The molecule has 3 heterocycles. The fourth-order valence-electron chi connectivity index (χ4n) is 4.66. The smallest absolute Gasteiger partial charge is 0.411 e. The monoisotopic (exact) mass is 589 g/mol. The molecule has 5 rings (SSSR count). The summed E-state index contributed by atoms with van der Waals surface area (Å²) in [6.45, 7) is 0.515. The van der Waals surface area contributed by atoms with E-state index in [-0.39, 0.29) is 12.3 Å². The van der Waals surface area contributed by atoms with Crippen LogP contribution in [-0.4, -0.2) is 73.7 Å². The van der Waals surface area contributed by atoms with Crippen molar-refractivity contribution in [3.63, 3.8) is 0 Å². The molecule has 0 saturated heterocycles. The minimum atomic E-state index is -0.715. The number of aryl methyl sites for hydroxylation is 1. The number of hydrogen-bond acceptors (Lipinski definition) is 8. The van der Waals surface area contributed by atoms with Crippen LogP contribution in [0.25, 0.3) is 23.0 Å². The molecule has 0 unspecified atom stereocenters. The summed E-state index contributed by atoms with van der Waals surface area (Å²) >= 11 is 6.19. The van der Waals surface area contributed by atoms with E-state index in [4.69, 9.17) is 16.3 Å². The summed E-state index contributed by atoms with van der Waals surface area (Å²) in [6, 6.07) is 9.97. The molecule has 0 aliphatic carbocycles. The first kappa shape index (κ1) is 28.5. The van der Waals surface area contributed by atoms with Crippen LogP contribution in [0.15, 0.2) is 55.0 Å². The van der Waals surface area contributed by atoms with Crippen LogP contribution in [0.4, 0.5) is 10.5 Å². The summed E-state index contributed by atoms with van der Waals surface area (Å²) in [7, 11) is 3.04. The number of imidazole rings is 1. The summed E-state index contributed by atoms with van der Waals surface area (Å²) in [5.74, 6) is -0.129. The summed E-state index contributed by atoms with van der Waals surface area (Å²) in [6.07, 6.45) is 6.89. The molecule has 1 aliphatic rings. The number of rotatable bonds is 5. The number of carbonyl (C=O) groups excluding carboxylic acids is 3. The van der Waals surface area contributed by atoms with Crippen molar-refractivity contribution in [2.45, 2.75) is 25.3 Å². The third kappa shape index (κ3) is 6.63. The standard InChI is InChI=1S/C28H28ClN9O4/c1-37-11-3-4-17-13-20(32-28(41)42-2)7-8-21(17)23-15-30-27(34-23)22(14-26(37)40)33-25(39)10-5-18-12-19(29)6-9-24(18)38-16-31-35-36-38/h5-10,12-13,15-16,22H,3-4,11,14H2,1-2H3,(H,30,34)(H,32,41)(H,33,39)/b10-5+/t22-/m0/s1. The van der Waals surface area contributed by atoms with Gasteiger partial charge in [0.2, 0.25) is 11.8 Å². The Morgan fingerprint density at radius 1 is 1.21 bits per heavy atom. The Balaban J connectivity index is 1.41. The van der Waals surface area contributed by atoms with E-state index in [1.807, 2.05) is 12.1 Å². The maximum absolute atomic E-state index is 13.1. The summed E-state index contributed by atoms with van der Waals surface area (Å²) < 4.78 is 6.17. The van der Waals surface area contributed by atoms with Crippen molar-refractivity contribution in [2.75, 3.05) is 26.0 Å². The van der Waals surface area contributed by atoms with E-state index in [1.54, 1.807) is 48.5 Å². The summed E-state index contributed by atoms with van der Waals surface area (Å²) in [5, 5.41) is 17.3. The van der Waals surface area contributed by atoms with E-state index in [9.17, 15) is 14.4 Å². The third-order valence-electron chi connectivity index (χ3n) is 6.81. The highest BCUT2D eigenvalue weighted by atomic mass is 35.5.